The van der Waals surface area contributed by atoms with E-state index in [9.17, 15) is 0 Å². The van der Waals surface area contributed by atoms with E-state index in [0.717, 1.165) is 0 Å². The largest absolute Gasteiger partial charge is 0.344 e. The predicted molar refractivity (Wildman–Crippen MR) is 196 cm³/mol. The topological polar surface area (TPSA) is 12.1 Å². The summed E-state index contributed by atoms with van der Waals surface area (Å²) in [7, 11) is 2.17. The molecule has 0 N–H and O–H groups in total. The summed E-state index contributed by atoms with van der Waals surface area (Å²) in [6.45, 7) is 0. The zero-order chi connectivity index (χ0) is 30.1. The van der Waals surface area contributed by atoms with E-state index < -0.39 is 0 Å². The zero-order valence-corrected chi connectivity index (χ0v) is 25.2. The fraction of sp³-hybridized carbons (Fsp3) is 0.0233. The monoisotopic (exact) mass is 585 g/mol. The highest BCUT2D eigenvalue weighted by Crippen LogP contribution is 2.50. The normalized spacial score (nSPS) is 12.5. The first-order valence-electron chi connectivity index (χ1n) is 15.9. The van der Waals surface area contributed by atoms with E-state index in [4.69, 9.17) is 0 Å². The zero-order valence-electron chi connectivity index (χ0n) is 25.2. The van der Waals surface area contributed by atoms with Crippen LogP contribution in [-0.2, 0) is 0 Å². The first-order valence-corrected chi connectivity index (χ1v) is 15.9. The van der Waals surface area contributed by atoms with Gasteiger partial charge in [0.15, 0.2) is 0 Å². The van der Waals surface area contributed by atoms with Crippen molar-refractivity contribution in [1.29, 1.82) is 0 Å². The van der Waals surface area contributed by atoms with Crippen LogP contribution in [-0.4, -0.2) is 15.8 Å². The van der Waals surface area contributed by atoms with Crippen molar-refractivity contribution in [2.45, 2.75) is 0 Å². The second-order valence-electron chi connectivity index (χ2n) is 12.6. The molecule has 7 aromatic carbocycles. The molecule has 11 aromatic rings. The minimum atomic E-state index is 1.17. The van der Waals surface area contributed by atoms with Crippen LogP contribution in [0.2, 0.25) is 0 Å². The molecular weight excluding hydrogens is 558 g/mol. The van der Waals surface area contributed by atoms with Gasteiger partial charge in [-0.1, -0.05) is 103 Å². The second kappa shape index (κ2) is 8.56. The molecule has 0 aliphatic carbocycles. The van der Waals surface area contributed by atoms with Crippen LogP contribution in [0.15, 0.2) is 146 Å². The average Bonchev–Trinajstić information content (AvgIpc) is 3.84. The molecule has 0 saturated heterocycles. The number of hydrogen-bond acceptors (Lipinski definition) is 1. The molecule has 0 unspecified atom stereocenters. The van der Waals surface area contributed by atoms with E-state index in [1.54, 1.807) is 0 Å². The quantitative estimate of drug-likeness (QED) is 0.201. The standard InChI is InChI=1S/C43H27N3/c1-44(26-13-3-2-4-14-26)34-19-9-5-15-27(34)29-23-24-32-40-38(46-36-21-11-7-17-30(36)39(29)42(32)46)25-33-28-16-6-10-20-35(28)45-37-22-12-8-18-31(37)41(40)43(33)45/h2-25H,1H3. The summed E-state index contributed by atoms with van der Waals surface area (Å²) >= 11 is 0. The summed E-state index contributed by atoms with van der Waals surface area (Å²) in [5.41, 5.74) is 12.5. The maximum atomic E-state index is 2.55. The van der Waals surface area contributed by atoms with Crippen LogP contribution in [0.5, 0.6) is 0 Å². The molecule has 0 radical (unpaired) electrons. The fourth-order valence-corrected chi connectivity index (χ4v) is 8.51. The fourth-order valence-electron chi connectivity index (χ4n) is 8.51. The van der Waals surface area contributed by atoms with Gasteiger partial charge in [0.25, 0.3) is 0 Å². The van der Waals surface area contributed by atoms with Crippen molar-refractivity contribution < 1.29 is 0 Å². The lowest BCUT2D eigenvalue weighted by molar-refractivity contribution is 1.21. The molecule has 4 heterocycles. The number of fused-ring (bicyclic) bond motifs is 13. The molecule has 46 heavy (non-hydrogen) atoms. The Labute approximate surface area is 264 Å². The lowest BCUT2D eigenvalue weighted by Crippen LogP contribution is -2.10. The van der Waals surface area contributed by atoms with Gasteiger partial charge < -0.3 is 13.7 Å². The molecule has 4 aromatic heterocycles. The third-order valence-corrected chi connectivity index (χ3v) is 10.4. The molecule has 0 aliphatic heterocycles. The van der Waals surface area contributed by atoms with Crippen LogP contribution >= 0.6 is 0 Å². The highest BCUT2D eigenvalue weighted by molar-refractivity contribution is 6.38. The van der Waals surface area contributed by atoms with Gasteiger partial charge >= 0.3 is 0 Å². The van der Waals surface area contributed by atoms with Gasteiger partial charge in [-0.25, -0.2) is 0 Å². The maximum Gasteiger partial charge on any atom is 0.0628 e. The molecule has 0 spiro atoms. The first-order chi connectivity index (χ1) is 22.8. The lowest BCUT2D eigenvalue weighted by atomic mass is 9.94. The summed E-state index contributed by atoms with van der Waals surface area (Å²) in [5.74, 6) is 0. The van der Waals surface area contributed by atoms with Gasteiger partial charge in [-0.3, -0.25) is 0 Å². The van der Waals surface area contributed by atoms with E-state index in [1.165, 1.54) is 98.7 Å². The molecule has 0 amide bonds. The maximum absolute atomic E-state index is 2.55. The number of nitrogens with zero attached hydrogens (tertiary/aromatic N) is 3. The van der Waals surface area contributed by atoms with Crippen LogP contribution in [0, 0.1) is 0 Å². The Morgan fingerprint density at radius 1 is 0.391 bits per heavy atom. The summed E-state index contributed by atoms with van der Waals surface area (Å²) in [6.07, 6.45) is 0. The Balaban J connectivity index is 1.34. The summed E-state index contributed by atoms with van der Waals surface area (Å²) in [4.78, 5) is 2.30. The smallest absolute Gasteiger partial charge is 0.0628 e. The number of hydrogen-bond donors (Lipinski definition) is 0. The molecule has 214 valence electrons. The summed E-state index contributed by atoms with van der Waals surface area (Å²) in [6, 6.07) is 53.4. The van der Waals surface area contributed by atoms with Crippen LogP contribution in [0.3, 0.4) is 0 Å². The molecule has 11 rings (SSSR count). The average molecular weight is 586 g/mol. The van der Waals surface area contributed by atoms with Crippen molar-refractivity contribution in [3.63, 3.8) is 0 Å². The SMILES string of the molecule is CN(c1ccccc1)c1ccccc1-c1ccc2c3c4c5ccccc5n5c6ccccc6c(cc3n3c6ccccc6c1c23)c45. The van der Waals surface area contributed by atoms with Crippen molar-refractivity contribution in [1.82, 2.24) is 8.80 Å². The molecular formula is C43H27N3. The third kappa shape index (κ3) is 2.84. The number of anilines is 2. The van der Waals surface area contributed by atoms with Gasteiger partial charge in [-0.2, -0.15) is 0 Å². The van der Waals surface area contributed by atoms with Crippen LogP contribution in [0.1, 0.15) is 0 Å². The van der Waals surface area contributed by atoms with Gasteiger partial charge in [0.2, 0.25) is 0 Å². The summed E-state index contributed by atoms with van der Waals surface area (Å²) in [5, 5.41) is 10.5. The van der Waals surface area contributed by atoms with Crippen molar-refractivity contribution in [2.75, 3.05) is 11.9 Å². The molecule has 0 saturated carbocycles. The second-order valence-corrected chi connectivity index (χ2v) is 12.6. The van der Waals surface area contributed by atoms with E-state index in [2.05, 4.69) is 166 Å². The number of para-hydroxylation sites is 5. The van der Waals surface area contributed by atoms with Gasteiger partial charge in [-0.05, 0) is 48.0 Å². The highest BCUT2D eigenvalue weighted by atomic mass is 15.1. The van der Waals surface area contributed by atoms with Crippen molar-refractivity contribution in [3.8, 4) is 11.1 Å². The first kappa shape index (κ1) is 24.3. The molecule has 3 nitrogen and oxygen atoms in total. The Kier molecular flexibility index (Phi) is 4.52. The van der Waals surface area contributed by atoms with E-state index in [0.29, 0.717) is 0 Å². The molecule has 0 atom stereocenters. The highest BCUT2D eigenvalue weighted by Gasteiger charge is 2.27. The van der Waals surface area contributed by atoms with Gasteiger partial charge in [-0.15, -0.1) is 0 Å². The van der Waals surface area contributed by atoms with Gasteiger partial charge in [0.1, 0.15) is 0 Å². The molecule has 0 aliphatic rings. The minimum absolute atomic E-state index is 1.17. The van der Waals surface area contributed by atoms with Crippen LogP contribution < -0.4 is 4.90 Å². The number of rotatable bonds is 3. The Morgan fingerprint density at radius 2 is 0.957 bits per heavy atom. The van der Waals surface area contributed by atoms with E-state index >= 15 is 0 Å². The van der Waals surface area contributed by atoms with Gasteiger partial charge in [0, 0.05) is 67.1 Å². The van der Waals surface area contributed by atoms with Crippen molar-refractivity contribution >= 4 is 87.6 Å². The molecule has 0 fully saturated rings. The van der Waals surface area contributed by atoms with Crippen LogP contribution in [0.4, 0.5) is 11.4 Å². The van der Waals surface area contributed by atoms with Crippen LogP contribution in [0.25, 0.3) is 87.3 Å². The number of benzene rings is 7. The Bertz CT molecular complexity index is 2980. The van der Waals surface area contributed by atoms with E-state index in [-0.39, 0.29) is 0 Å². The molecule has 3 heteroatoms. The van der Waals surface area contributed by atoms with Gasteiger partial charge in [0.05, 0.1) is 33.1 Å². The Hall–Kier alpha value is -6.06. The summed E-state index contributed by atoms with van der Waals surface area (Å²) < 4.78 is 5.04. The van der Waals surface area contributed by atoms with Crippen molar-refractivity contribution in [2.24, 2.45) is 0 Å². The van der Waals surface area contributed by atoms with E-state index in [1.807, 2.05) is 0 Å². The lowest BCUT2D eigenvalue weighted by Gasteiger charge is -2.23. The third-order valence-electron chi connectivity index (χ3n) is 10.4. The number of aromatic nitrogens is 2. The predicted octanol–water partition coefficient (Wildman–Crippen LogP) is 11.4. The Morgan fingerprint density at radius 3 is 1.72 bits per heavy atom. The van der Waals surface area contributed by atoms with Crippen molar-refractivity contribution in [3.05, 3.63) is 146 Å². The minimum Gasteiger partial charge on any atom is -0.344 e. The molecule has 0 bridgehead atoms.